The van der Waals surface area contributed by atoms with Crippen molar-refractivity contribution >= 4 is 29.3 Å². The van der Waals surface area contributed by atoms with Gasteiger partial charge in [-0.1, -0.05) is 41.4 Å². The summed E-state index contributed by atoms with van der Waals surface area (Å²) in [7, 11) is 0. The predicted molar refractivity (Wildman–Crippen MR) is 69.6 cm³/mol. The first-order chi connectivity index (χ1) is 8.06. The summed E-state index contributed by atoms with van der Waals surface area (Å²) in [6.07, 6.45) is 1.54. The van der Waals surface area contributed by atoms with Crippen molar-refractivity contribution in [2.24, 2.45) is 5.73 Å². The van der Waals surface area contributed by atoms with Crippen LogP contribution in [0.1, 0.15) is 17.9 Å². The van der Waals surface area contributed by atoms with Crippen LogP contribution >= 0.6 is 23.2 Å². The molecule has 3 nitrogen and oxygen atoms in total. The normalized spacial score (nSPS) is 11.9. The minimum atomic E-state index is -0.808. The van der Waals surface area contributed by atoms with E-state index in [-0.39, 0.29) is 12.5 Å². The van der Waals surface area contributed by atoms with Crippen molar-refractivity contribution in [3.63, 3.8) is 0 Å². The van der Waals surface area contributed by atoms with E-state index < -0.39 is 6.09 Å². The SMILES string of the molecule is C=CCC(COC(N)=O)c1cccc(Cl)c1Cl. The van der Waals surface area contributed by atoms with Crippen molar-refractivity contribution in [1.29, 1.82) is 0 Å². The van der Waals surface area contributed by atoms with E-state index in [2.05, 4.69) is 6.58 Å². The quantitative estimate of drug-likeness (QED) is 0.831. The van der Waals surface area contributed by atoms with Crippen molar-refractivity contribution in [3.05, 3.63) is 46.5 Å². The lowest BCUT2D eigenvalue weighted by atomic mass is 9.96. The first-order valence-electron chi connectivity index (χ1n) is 5.03. The number of benzene rings is 1. The molecule has 92 valence electrons. The van der Waals surface area contributed by atoms with E-state index >= 15 is 0 Å². The molecule has 0 aliphatic rings. The number of allylic oxidation sites excluding steroid dienone is 1. The van der Waals surface area contributed by atoms with Crippen molar-refractivity contribution in [2.75, 3.05) is 6.61 Å². The summed E-state index contributed by atoms with van der Waals surface area (Å²) in [6, 6.07) is 5.34. The number of hydrogen-bond acceptors (Lipinski definition) is 2. The Labute approximate surface area is 110 Å². The zero-order chi connectivity index (χ0) is 12.8. The zero-order valence-electron chi connectivity index (χ0n) is 9.16. The molecule has 1 amide bonds. The largest absolute Gasteiger partial charge is 0.449 e. The molecule has 0 aromatic heterocycles. The Hall–Kier alpha value is -1.19. The van der Waals surface area contributed by atoms with E-state index in [1.54, 1.807) is 18.2 Å². The number of ether oxygens (including phenoxy) is 1. The average Bonchev–Trinajstić information content (AvgIpc) is 2.28. The van der Waals surface area contributed by atoms with Gasteiger partial charge in [-0.15, -0.1) is 6.58 Å². The molecular weight excluding hydrogens is 261 g/mol. The van der Waals surface area contributed by atoms with Gasteiger partial charge >= 0.3 is 6.09 Å². The average molecular weight is 274 g/mol. The Morgan fingerprint density at radius 2 is 2.24 bits per heavy atom. The predicted octanol–water partition coefficient (Wildman–Crippen LogP) is 3.75. The summed E-state index contributed by atoms with van der Waals surface area (Å²) >= 11 is 12.0. The molecule has 0 saturated carbocycles. The van der Waals surface area contributed by atoms with Crippen LogP contribution in [0.4, 0.5) is 4.79 Å². The summed E-state index contributed by atoms with van der Waals surface area (Å²) in [4.78, 5) is 10.6. The number of nitrogens with two attached hydrogens (primary N) is 1. The molecule has 0 radical (unpaired) electrons. The van der Waals surface area contributed by atoms with Crippen LogP contribution in [-0.4, -0.2) is 12.7 Å². The highest BCUT2D eigenvalue weighted by atomic mass is 35.5. The first kappa shape index (κ1) is 13.9. The lowest BCUT2D eigenvalue weighted by Crippen LogP contribution is -2.18. The molecule has 1 aromatic rings. The third-order valence-corrected chi connectivity index (χ3v) is 3.13. The standard InChI is InChI=1S/C12H13Cl2NO2/c1-2-4-8(7-17-12(15)16)9-5-3-6-10(13)11(9)14/h2-3,5-6,8H,1,4,7H2,(H2,15,16). The summed E-state index contributed by atoms with van der Waals surface area (Å²) in [5.74, 6) is -0.0915. The fraction of sp³-hybridized carbons (Fsp3) is 0.250. The molecule has 0 saturated heterocycles. The maximum atomic E-state index is 10.6. The molecule has 0 bridgehead atoms. The van der Waals surface area contributed by atoms with Crippen LogP contribution < -0.4 is 5.73 Å². The fourth-order valence-electron chi connectivity index (χ4n) is 1.50. The van der Waals surface area contributed by atoms with Gasteiger partial charge < -0.3 is 10.5 Å². The molecular formula is C12H13Cl2NO2. The van der Waals surface area contributed by atoms with Gasteiger partial charge in [0.05, 0.1) is 10.0 Å². The maximum absolute atomic E-state index is 10.6. The summed E-state index contributed by atoms with van der Waals surface area (Å²) < 4.78 is 4.80. The molecule has 0 aliphatic carbocycles. The second kappa shape index (κ2) is 6.52. The molecule has 17 heavy (non-hydrogen) atoms. The molecule has 1 atom stereocenters. The van der Waals surface area contributed by atoms with Gasteiger partial charge in [-0.25, -0.2) is 4.79 Å². The molecule has 5 heteroatoms. The van der Waals surface area contributed by atoms with E-state index in [0.29, 0.717) is 16.5 Å². The van der Waals surface area contributed by atoms with E-state index in [1.807, 2.05) is 6.07 Å². The van der Waals surface area contributed by atoms with Gasteiger partial charge in [-0.3, -0.25) is 0 Å². The molecule has 1 unspecified atom stereocenters. The van der Waals surface area contributed by atoms with Gasteiger partial charge in [0.2, 0.25) is 0 Å². The molecule has 0 spiro atoms. The minimum Gasteiger partial charge on any atom is -0.449 e. The number of carbonyl (C=O) groups is 1. The number of carbonyl (C=O) groups excluding carboxylic acids is 1. The third kappa shape index (κ3) is 3.95. The fourth-order valence-corrected chi connectivity index (χ4v) is 1.97. The van der Waals surface area contributed by atoms with Crippen LogP contribution in [0.25, 0.3) is 0 Å². The number of amides is 1. The van der Waals surface area contributed by atoms with Crippen molar-refractivity contribution in [3.8, 4) is 0 Å². The lowest BCUT2D eigenvalue weighted by molar-refractivity contribution is 0.149. The topological polar surface area (TPSA) is 52.3 Å². The smallest absolute Gasteiger partial charge is 0.404 e. The monoisotopic (exact) mass is 273 g/mol. The first-order valence-corrected chi connectivity index (χ1v) is 5.79. The lowest BCUT2D eigenvalue weighted by Gasteiger charge is -2.17. The Morgan fingerprint density at radius 1 is 1.53 bits per heavy atom. The summed E-state index contributed by atoms with van der Waals surface area (Å²) in [6.45, 7) is 3.81. The van der Waals surface area contributed by atoms with E-state index in [0.717, 1.165) is 5.56 Å². The number of primary amides is 1. The van der Waals surface area contributed by atoms with Gasteiger partial charge in [0.1, 0.15) is 6.61 Å². The summed E-state index contributed by atoms with van der Waals surface area (Å²) in [5, 5.41) is 0.936. The second-order valence-electron chi connectivity index (χ2n) is 3.49. The minimum absolute atomic E-state index is 0.0915. The van der Waals surface area contributed by atoms with Gasteiger partial charge in [-0.05, 0) is 18.1 Å². The number of halogens is 2. The van der Waals surface area contributed by atoms with E-state index in [9.17, 15) is 4.79 Å². The van der Waals surface area contributed by atoms with Gasteiger partial charge in [0.25, 0.3) is 0 Å². The van der Waals surface area contributed by atoms with Crippen molar-refractivity contribution in [1.82, 2.24) is 0 Å². The number of hydrogen-bond donors (Lipinski definition) is 1. The van der Waals surface area contributed by atoms with Crippen LogP contribution in [0.5, 0.6) is 0 Å². The Kier molecular flexibility index (Phi) is 5.32. The Bertz CT molecular complexity index is 421. The maximum Gasteiger partial charge on any atom is 0.404 e. The Balaban J connectivity index is 2.92. The molecule has 2 N–H and O–H groups in total. The molecule has 1 rings (SSSR count). The highest BCUT2D eigenvalue weighted by Gasteiger charge is 2.16. The van der Waals surface area contributed by atoms with Crippen molar-refractivity contribution in [2.45, 2.75) is 12.3 Å². The van der Waals surface area contributed by atoms with Gasteiger partial charge in [-0.2, -0.15) is 0 Å². The summed E-state index contributed by atoms with van der Waals surface area (Å²) in [5.41, 5.74) is 5.76. The van der Waals surface area contributed by atoms with Crippen molar-refractivity contribution < 1.29 is 9.53 Å². The second-order valence-corrected chi connectivity index (χ2v) is 4.28. The molecule has 1 aromatic carbocycles. The van der Waals surface area contributed by atoms with Crippen LogP contribution in [-0.2, 0) is 4.74 Å². The van der Waals surface area contributed by atoms with Gasteiger partial charge in [0, 0.05) is 5.92 Å². The Morgan fingerprint density at radius 3 is 2.82 bits per heavy atom. The van der Waals surface area contributed by atoms with Gasteiger partial charge in [0.15, 0.2) is 0 Å². The van der Waals surface area contributed by atoms with Crippen LogP contribution in [0.2, 0.25) is 10.0 Å². The highest BCUT2D eigenvalue weighted by Crippen LogP contribution is 2.32. The van der Waals surface area contributed by atoms with Crippen LogP contribution in [0.15, 0.2) is 30.9 Å². The molecule has 0 aliphatic heterocycles. The van der Waals surface area contributed by atoms with E-state index in [4.69, 9.17) is 33.7 Å². The molecule has 0 fully saturated rings. The number of rotatable bonds is 5. The van der Waals surface area contributed by atoms with Crippen LogP contribution in [0.3, 0.4) is 0 Å². The molecule has 0 heterocycles. The highest BCUT2D eigenvalue weighted by molar-refractivity contribution is 6.42. The van der Waals surface area contributed by atoms with E-state index in [1.165, 1.54) is 0 Å². The zero-order valence-corrected chi connectivity index (χ0v) is 10.7. The third-order valence-electron chi connectivity index (χ3n) is 2.30. The van der Waals surface area contributed by atoms with Crippen LogP contribution in [0, 0.1) is 0 Å².